The first-order chi connectivity index (χ1) is 10.1. The van der Waals surface area contributed by atoms with Crippen molar-refractivity contribution in [1.29, 1.82) is 0 Å². The molecule has 1 heterocycles. The lowest BCUT2D eigenvalue weighted by atomic mass is 10.00. The maximum absolute atomic E-state index is 5.63. The SMILES string of the molecule is CCNC(CN1CCOCC1CC)c1cc(C)cc(C)c1. The fraction of sp³-hybridized carbons (Fsp3) is 0.667. The summed E-state index contributed by atoms with van der Waals surface area (Å²) >= 11 is 0. The zero-order chi connectivity index (χ0) is 15.2. The molecule has 0 spiro atoms. The van der Waals surface area contributed by atoms with Crippen molar-refractivity contribution in [3.63, 3.8) is 0 Å². The molecule has 0 saturated carbocycles. The maximum atomic E-state index is 5.63. The number of aryl methyl sites for hydroxylation is 2. The quantitative estimate of drug-likeness (QED) is 0.871. The van der Waals surface area contributed by atoms with Crippen molar-refractivity contribution >= 4 is 0 Å². The summed E-state index contributed by atoms with van der Waals surface area (Å²) in [6.45, 7) is 13.7. The Balaban J connectivity index is 2.14. The van der Waals surface area contributed by atoms with Gasteiger partial charge in [0.1, 0.15) is 0 Å². The van der Waals surface area contributed by atoms with Gasteiger partial charge in [0.05, 0.1) is 13.2 Å². The number of ether oxygens (including phenoxy) is 1. The smallest absolute Gasteiger partial charge is 0.0622 e. The van der Waals surface area contributed by atoms with Crippen LogP contribution in [-0.4, -0.2) is 43.8 Å². The van der Waals surface area contributed by atoms with Gasteiger partial charge in [0.2, 0.25) is 0 Å². The fourth-order valence-electron chi connectivity index (χ4n) is 3.29. The summed E-state index contributed by atoms with van der Waals surface area (Å²) in [5.41, 5.74) is 4.11. The highest BCUT2D eigenvalue weighted by Crippen LogP contribution is 2.21. The highest BCUT2D eigenvalue weighted by Gasteiger charge is 2.24. The minimum absolute atomic E-state index is 0.403. The third kappa shape index (κ3) is 4.53. The van der Waals surface area contributed by atoms with E-state index < -0.39 is 0 Å². The van der Waals surface area contributed by atoms with Crippen LogP contribution in [0.2, 0.25) is 0 Å². The molecule has 3 nitrogen and oxygen atoms in total. The van der Waals surface area contributed by atoms with Crippen LogP contribution in [0.5, 0.6) is 0 Å². The predicted molar refractivity (Wildman–Crippen MR) is 88.8 cm³/mol. The Morgan fingerprint density at radius 3 is 2.57 bits per heavy atom. The molecule has 0 aliphatic carbocycles. The largest absolute Gasteiger partial charge is 0.378 e. The summed E-state index contributed by atoms with van der Waals surface area (Å²) in [6.07, 6.45) is 1.16. The number of benzene rings is 1. The molecule has 1 N–H and O–H groups in total. The van der Waals surface area contributed by atoms with Gasteiger partial charge in [0, 0.05) is 25.2 Å². The third-order valence-electron chi connectivity index (χ3n) is 4.33. The van der Waals surface area contributed by atoms with E-state index in [0.29, 0.717) is 12.1 Å². The van der Waals surface area contributed by atoms with Crippen LogP contribution in [0.1, 0.15) is 43.0 Å². The number of hydrogen-bond acceptors (Lipinski definition) is 3. The van der Waals surface area contributed by atoms with Crippen LogP contribution < -0.4 is 5.32 Å². The lowest BCUT2D eigenvalue weighted by molar-refractivity contribution is -0.0126. The zero-order valence-electron chi connectivity index (χ0n) is 14.0. The van der Waals surface area contributed by atoms with E-state index in [9.17, 15) is 0 Å². The molecule has 1 saturated heterocycles. The van der Waals surface area contributed by atoms with Gasteiger partial charge in [0.15, 0.2) is 0 Å². The van der Waals surface area contributed by atoms with Gasteiger partial charge in [-0.1, -0.05) is 43.2 Å². The molecule has 1 aliphatic heterocycles. The van der Waals surface area contributed by atoms with Gasteiger partial charge in [-0.05, 0) is 32.4 Å². The van der Waals surface area contributed by atoms with Crippen molar-refractivity contribution in [2.75, 3.05) is 32.8 Å². The third-order valence-corrected chi connectivity index (χ3v) is 4.33. The number of hydrogen-bond donors (Lipinski definition) is 1. The Hall–Kier alpha value is -0.900. The summed E-state index contributed by atoms with van der Waals surface area (Å²) in [6, 6.07) is 7.85. The lowest BCUT2D eigenvalue weighted by Gasteiger charge is -2.37. The topological polar surface area (TPSA) is 24.5 Å². The minimum Gasteiger partial charge on any atom is -0.378 e. The molecule has 118 valence electrons. The summed E-state index contributed by atoms with van der Waals surface area (Å²) in [4.78, 5) is 2.59. The van der Waals surface area contributed by atoms with Gasteiger partial charge < -0.3 is 10.1 Å². The highest BCUT2D eigenvalue weighted by molar-refractivity contribution is 5.31. The van der Waals surface area contributed by atoms with E-state index in [1.54, 1.807) is 0 Å². The Morgan fingerprint density at radius 2 is 1.95 bits per heavy atom. The van der Waals surface area contributed by atoms with Crippen molar-refractivity contribution in [2.24, 2.45) is 0 Å². The maximum Gasteiger partial charge on any atom is 0.0622 e. The van der Waals surface area contributed by atoms with Crippen LogP contribution in [-0.2, 0) is 4.74 Å². The zero-order valence-corrected chi connectivity index (χ0v) is 14.0. The summed E-state index contributed by atoms with van der Waals surface area (Å²) in [5.74, 6) is 0. The molecule has 1 aromatic carbocycles. The van der Waals surface area contributed by atoms with Crippen LogP contribution in [0.15, 0.2) is 18.2 Å². The van der Waals surface area contributed by atoms with E-state index in [2.05, 4.69) is 56.1 Å². The van der Waals surface area contributed by atoms with Crippen LogP contribution in [0.25, 0.3) is 0 Å². The van der Waals surface area contributed by atoms with Crippen molar-refractivity contribution in [2.45, 2.75) is 46.2 Å². The van der Waals surface area contributed by atoms with E-state index in [1.165, 1.54) is 16.7 Å². The summed E-state index contributed by atoms with van der Waals surface area (Å²) in [7, 11) is 0. The monoisotopic (exact) mass is 290 g/mol. The van der Waals surface area contributed by atoms with Gasteiger partial charge in [-0.2, -0.15) is 0 Å². The summed E-state index contributed by atoms with van der Waals surface area (Å²) in [5, 5.41) is 3.66. The highest BCUT2D eigenvalue weighted by atomic mass is 16.5. The molecule has 0 amide bonds. The van der Waals surface area contributed by atoms with Gasteiger partial charge in [0.25, 0.3) is 0 Å². The Bertz CT molecular complexity index is 427. The van der Waals surface area contributed by atoms with Crippen molar-refractivity contribution in [3.05, 3.63) is 34.9 Å². The normalized spacial score (nSPS) is 21.4. The number of rotatable bonds is 6. The number of nitrogens with zero attached hydrogens (tertiary/aromatic N) is 1. The number of morpholine rings is 1. The summed E-state index contributed by atoms with van der Waals surface area (Å²) < 4.78 is 5.63. The van der Waals surface area contributed by atoms with Crippen molar-refractivity contribution < 1.29 is 4.74 Å². The molecule has 21 heavy (non-hydrogen) atoms. The molecule has 2 atom stereocenters. The Labute approximate surface area is 129 Å². The molecule has 3 heteroatoms. The fourth-order valence-corrected chi connectivity index (χ4v) is 3.29. The van der Waals surface area contributed by atoms with E-state index in [4.69, 9.17) is 4.74 Å². The van der Waals surface area contributed by atoms with E-state index in [1.807, 2.05) is 0 Å². The van der Waals surface area contributed by atoms with Gasteiger partial charge in [-0.25, -0.2) is 0 Å². The molecule has 2 unspecified atom stereocenters. The van der Waals surface area contributed by atoms with E-state index in [0.717, 1.165) is 39.3 Å². The first kappa shape index (κ1) is 16.5. The Kier molecular flexibility index (Phi) is 6.22. The number of likely N-dealkylation sites (N-methyl/N-ethyl adjacent to an activating group) is 1. The molecular weight excluding hydrogens is 260 g/mol. The van der Waals surface area contributed by atoms with Crippen LogP contribution in [0.3, 0.4) is 0 Å². The molecule has 2 rings (SSSR count). The molecule has 0 aromatic heterocycles. The molecule has 1 aromatic rings. The van der Waals surface area contributed by atoms with Gasteiger partial charge in [-0.3, -0.25) is 4.90 Å². The second-order valence-corrected chi connectivity index (χ2v) is 6.16. The second-order valence-electron chi connectivity index (χ2n) is 6.16. The lowest BCUT2D eigenvalue weighted by Crippen LogP contribution is -2.48. The minimum atomic E-state index is 0.403. The molecule has 0 radical (unpaired) electrons. The number of nitrogens with one attached hydrogen (secondary N) is 1. The van der Waals surface area contributed by atoms with E-state index >= 15 is 0 Å². The molecular formula is C18H30N2O. The van der Waals surface area contributed by atoms with Gasteiger partial charge >= 0.3 is 0 Å². The van der Waals surface area contributed by atoms with E-state index in [-0.39, 0.29) is 0 Å². The first-order valence-corrected chi connectivity index (χ1v) is 8.27. The first-order valence-electron chi connectivity index (χ1n) is 8.27. The van der Waals surface area contributed by atoms with Crippen LogP contribution in [0, 0.1) is 13.8 Å². The van der Waals surface area contributed by atoms with Crippen LogP contribution >= 0.6 is 0 Å². The van der Waals surface area contributed by atoms with Crippen molar-refractivity contribution in [3.8, 4) is 0 Å². The van der Waals surface area contributed by atoms with Gasteiger partial charge in [-0.15, -0.1) is 0 Å². The molecule has 1 aliphatic rings. The van der Waals surface area contributed by atoms with Crippen LogP contribution in [0.4, 0.5) is 0 Å². The standard InChI is InChI=1S/C18H30N2O/c1-5-17-13-21-8-7-20(17)12-18(19-6-2)16-10-14(3)9-15(4)11-16/h9-11,17-19H,5-8,12-13H2,1-4H3. The molecule has 0 bridgehead atoms. The average molecular weight is 290 g/mol. The average Bonchev–Trinajstić information content (AvgIpc) is 2.46. The second kappa shape index (κ2) is 7.92. The molecule has 1 fully saturated rings. The van der Waals surface area contributed by atoms with Crippen molar-refractivity contribution in [1.82, 2.24) is 10.2 Å². The Morgan fingerprint density at radius 1 is 1.24 bits per heavy atom. The predicted octanol–water partition coefficient (Wildman–Crippen LogP) is 3.06.